The van der Waals surface area contributed by atoms with Crippen LogP contribution in [-0.2, 0) is 12.2 Å². The zero-order valence-electron chi connectivity index (χ0n) is 23.7. The van der Waals surface area contributed by atoms with Crippen molar-refractivity contribution in [3.8, 4) is 34.0 Å². The number of nitrogens with zero attached hydrogens (tertiary/aromatic N) is 6. The van der Waals surface area contributed by atoms with Crippen molar-refractivity contribution in [2.24, 2.45) is 0 Å². The van der Waals surface area contributed by atoms with E-state index in [0.29, 0.717) is 29.6 Å². The van der Waals surface area contributed by atoms with Crippen LogP contribution in [0.15, 0.2) is 109 Å². The fourth-order valence-corrected chi connectivity index (χ4v) is 4.81. The maximum absolute atomic E-state index is 6.42. The summed E-state index contributed by atoms with van der Waals surface area (Å²) in [7, 11) is 0. The smallest absolute Gasteiger partial charge is 0.311 e. The Bertz CT molecular complexity index is 1690. The number of aromatic amines is 1. The summed E-state index contributed by atoms with van der Waals surface area (Å²) in [4.78, 5) is 4.99. The Kier molecular flexibility index (Phi) is 7.47. The van der Waals surface area contributed by atoms with Gasteiger partial charge in [-0.05, 0) is 60.0 Å². The van der Waals surface area contributed by atoms with Gasteiger partial charge in [0.05, 0.1) is 0 Å². The van der Waals surface area contributed by atoms with Crippen LogP contribution in [0.2, 0.25) is 0 Å². The number of para-hydroxylation sites is 2. The van der Waals surface area contributed by atoms with E-state index in [0.717, 1.165) is 28.1 Å². The third-order valence-corrected chi connectivity index (χ3v) is 6.85. The van der Waals surface area contributed by atoms with Gasteiger partial charge in [-0.15, -0.1) is 15.3 Å². The molecular weight excluding hydrogens is 526 g/mol. The van der Waals surface area contributed by atoms with E-state index in [2.05, 4.69) is 64.8 Å². The average Bonchev–Trinajstić information content (AvgIpc) is 3.70. The first kappa shape index (κ1) is 26.9. The van der Waals surface area contributed by atoms with Gasteiger partial charge in [-0.25, -0.2) is 9.67 Å². The van der Waals surface area contributed by atoms with E-state index in [-0.39, 0.29) is 6.04 Å². The van der Waals surface area contributed by atoms with E-state index in [1.54, 1.807) is 0 Å². The van der Waals surface area contributed by atoms with Gasteiger partial charge >= 0.3 is 5.79 Å². The lowest BCUT2D eigenvalue weighted by atomic mass is 9.98. The zero-order chi connectivity index (χ0) is 28.9. The lowest BCUT2D eigenvalue weighted by Crippen LogP contribution is -2.37. The summed E-state index contributed by atoms with van der Waals surface area (Å²) < 4.78 is 14.8. The molecule has 0 spiro atoms. The van der Waals surface area contributed by atoms with Crippen molar-refractivity contribution in [1.82, 2.24) is 35.4 Å². The molecule has 2 heterocycles. The molecular formula is C33H31N7O2. The predicted octanol–water partition coefficient (Wildman–Crippen LogP) is 6.63. The number of tetrazole rings is 1. The first-order chi connectivity index (χ1) is 20.5. The van der Waals surface area contributed by atoms with Gasteiger partial charge in [-0.3, -0.25) is 0 Å². The highest BCUT2D eigenvalue weighted by Gasteiger charge is 2.38. The number of ether oxygens (including phenoxy) is 2. The molecule has 4 aromatic carbocycles. The van der Waals surface area contributed by atoms with Crippen LogP contribution in [0.3, 0.4) is 0 Å². The molecule has 0 fully saturated rings. The van der Waals surface area contributed by atoms with E-state index >= 15 is 0 Å². The molecule has 0 atom stereocenters. The Labute approximate surface area is 244 Å². The maximum Gasteiger partial charge on any atom is 0.311 e. The molecule has 0 saturated heterocycles. The van der Waals surface area contributed by atoms with E-state index in [4.69, 9.17) is 19.6 Å². The van der Waals surface area contributed by atoms with Gasteiger partial charge in [-0.2, -0.15) is 5.21 Å². The molecule has 0 aliphatic carbocycles. The minimum Gasteiger partial charge on any atom is -0.446 e. The molecule has 0 aliphatic rings. The van der Waals surface area contributed by atoms with Crippen LogP contribution >= 0.6 is 0 Å². The first-order valence-electron chi connectivity index (χ1n) is 13.8. The van der Waals surface area contributed by atoms with Gasteiger partial charge in [0.25, 0.3) is 0 Å². The van der Waals surface area contributed by atoms with Gasteiger partial charge in [0.15, 0.2) is 0 Å². The maximum atomic E-state index is 6.42. The SMILES string of the molecule is CC(C)n1nc(C(C)(Oc2ccccc2)Oc2ccccc2)nc1Cc1ccc(-c2ccccc2-c2nn[nH]n2)cc1. The summed E-state index contributed by atoms with van der Waals surface area (Å²) in [5, 5.41) is 19.5. The highest BCUT2D eigenvalue weighted by Crippen LogP contribution is 2.32. The fourth-order valence-electron chi connectivity index (χ4n) is 4.81. The minimum atomic E-state index is -1.26. The largest absolute Gasteiger partial charge is 0.446 e. The fraction of sp³-hybridized carbons (Fsp3) is 0.182. The second kappa shape index (κ2) is 11.7. The lowest BCUT2D eigenvalue weighted by molar-refractivity contribution is -0.112. The van der Waals surface area contributed by atoms with Crippen LogP contribution in [0.5, 0.6) is 11.5 Å². The third kappa shape index (κ3) is 5.76. The first-order valence-corrected chi connectivity index (χ1v) is 13.8. The molecule has 9 heteroatoms. The third-order valence-electron chi connectivity index (χ3n) is 6.85. The summed E-state index contributed by atoms with van der Waals surface area (Å²) >= 11 is 0. The predicted molar refractivity (Wildman–Crippen MR) is 160 cm³/mol. The molecule has 0 amide bonds. The number of benzene rings is 4. The van der Waals surface area contributed by atoms with Crippen molar-refractivity contribution in [2.45, 2.75) is 39.0 Å². The van der Waals surface area contributed by atoms with Gasteiger partial charge in [0.2, 0.25) is 11.6 Å². The molecule has 0 radical (unpaired) electrons. The van der Waals surface area contributed by atoms with Crippen LogP contribution in [0, 0.1) is 0 Å². The summed E-state index contributed by atoms with van der Waals surface area (Å²) in [5.41, 5.74) is 4.11. The van der Waals surface area contributed by atoms with Crippen LogP contribution in [0.1, 0.15) is 44.0 Å². The van der Waals surface area contributed by atoms with E-state index in [9.17, 15) is 0 Å². The van der Waals surface area contributed by atoms with Crippen molar-refractivity contribution in [3.05, 3.63) is 126 Å². The topological polar surface area (TPSA) is 104 Å². The zero-order valence-corrected chi connectivity index (χ0v) is 23.7. The number of hydrogen-bond donors (Lipinski definition) is 1. The van der Waals surface area contributed by atoms with Gasteiger partial charge < -0.3 is 9.47 Å². The van der Waals surface area contributed by atoms with Crippen molar-refractivity contribution in [2.75, 3.05) is 0 Å². The monoisotopic (exact) mass is 557 g/mol. The highest BCUT2D eigenvalue weighted by atomic mass is 16.7. The number of rotatable bonds is 10. The van der Waals surface area contributed by atoms with Gasteiger partial charge in [-0.1, -0.05) is 84.9 Å². The standard InChI is InChI=1S/C33H31N7O2/c1-23(2)40-30(22-24-18-20-25(21-19-24)28-16-10-11-17-29(28)31-35-38-39-36-31)34-32(37-40)33(3,41-26-12-6-4-7-13-26)42-27-14-8-5-9-15-27/h4-21,23H,22H2,1-3H3,(H,35,36,38,39). The molecule has 6 aromatic rings. The summed E-state index contributed by atoms with van der Waals surface area (Å²) in [6.07, 6.45) is 0.588. The highest BCUT2D eigenvalue weighted by molar-refractivity contribution is 5.80. The molecule has 42 heavy (non-hydrogen) atoms. The Balaban J connectivity index is 1.31. The molecule has 1 N–H and O–H groups in total. The molecule has 210 valence electrons. The van der Waals surface area contributed by atoms with E-state index < -0.39 is 5.79 Å². The Morgan fingerprint density at radius 1 is 0.762 bits per heavy atom. The summed E-state index contributed by atoms with van der Waals surface area (Å²) in [6, 6.07) is 35.7. The summed E-state index contributed by atoms with van der Waals surface area (Å²) in [5.74, 6) is 1.89. The second-order valence-electron chi connectivity index (χ2n) is 10.3. The molecule has 0 saturated carbocycles. The van der Waals surface area contributed by atoms with E-state index in [1.807, 2.05) is 90.5 Å². The average molecular weight is 558 g/mol. The van der Waals surface area contributed by atoms with Crippen LogP contribution in [-0.4, -0.2) is 35.4 Å². The molecule has 0 aliphatic heterocycles. The van der Waals surface area contributed by atoms with Crippen LogP contribution in [0.4, 0.5) is 0 Å². The Morgan fingerprint density at radius 3 is 1.93 bits per heavy atom. The molecule has 0 bridgehead atoms. The number of H-pyrrole nitrogens is 1. The summed E-state index contributed by atoms with van der Waals surface area (Å²) in [6.45, 7) is 6.04. The Hall–Kier alpha value is -5.31. The van der Waals surface area contributed by atoms with Gasteiger partial charge in [0, 0.05) is 24.9 Å². The van der Waals surface area contributed by atoms with E-state index in [1.165, 1.54) is 0 Å². The van der Waals surface area contributed by atoms with Crippen molar-refractivity contribution >= 4 is 0 Å². The van der Waals surface area contributed by atoms with Gasteiger partial charge in [0.1, 0.15) is 17.3 Å². The normalized spacial score (nSPS) is 11.5. The Morgan fingerprint density at radius 2 is 1.36 bits per heavy atom. The lowest BCUT2D eigenvalue weighted by Gasteiger charge is -2.28. The second-order valence-corrected chi connectivity index (χ2v) is 10.3. The van der Waals surface area contributed by atoms with Crippen LogP contribution in [0.25, 0.3) is 22.5 Å². The molecule has 0 unspecified atom stereocenters. The van der Waals surface area contributed by atoms with Crippen molar-refractivity contribution in [3.63, 3.8) is 0 Å². The minimum absolute atomic E-state index is 0.0834. The van der Waals surface area contributed by atoms with Crippen molar-refractivity contribution in [1.29, 1.82) is 0 Å². The number of aromatic nitrogens is 7. The molecule has 6 rings (SSSR count). The molecule has 9 nitrogen and oxygen atoms in total. The molecule has 2 aromatic heterocycles. The van der Waals surface area contributed by atoms with Crippen molar-refractivity contribution < 1.29 is 9.47 Å². The van der Waals surface area contributed by atoms with Crippen LogP contribution < -0.4 is 9.47 Å². The number of hydrogen-bond acceptors (Lipinski definition) is 7. The number of nitrogens with one attached hydrogen (secondary N) is 1. The quantitative estimate of drug-likeness (QED) is 0.189.